The van der Waals surface area contributed by atoms with Crippen molar-refractivity contribution in [2.75, 3.05) is 13.2 Å². The van der Waals surface area contributed by atoms with Crippen LogP contribution >= 0.6 is 0 Å². The van der Waals surface area contributed by atoms with Gasteiger partial charge in [-0.2, -0.15) is 0 Å². The number of ether oxygens (including phenoxy) is 1. The van der Waals surface area contributed by atoms with E-state index < -0.39 is 6.10 Å². The Hall–Kier alpha value is -1.69. The Morgan fingerprint density at radius 3 is 2.87 bits per heavy atom. The summed E-state index contributed by atoms with van der Waals surface area (Å²) in [6, 6.07) is 10.8. The summed E-state index contributed by atoms with van der Waals surface area (Å²) >= 11 is 0. The first kappa shape index (κ1) is 16.2. The van der Waals surface area contributed by atoms with E-state index in [9.17, 15) is 9.50 Å². The molecule has 1 aromatic heterocycles. The average Bonchev–Trinajstić information content (AvgIpc) is 3.24. The van der Waals surface area contributed by atoms with Crippen LogP contribution in [0, 0.1) is 5.82 Å². The second-order valence-electron chi connectivity index (χ2n) is 6.04. The highest BCUT2D eigenvalue weighted by molar-refractivity contribution is 5.16. The maximum atomic E-state index is 13.3. The van der Waals surface area contributed by atoms with Gasteiger partial charge in [-0.25, -0.2) is 4.39 Å². The summed E-state index contributed by atoms with van der Waals surface area (Å²) in [7, 11) is 0. The zero-order valence-electron chi connectivity index (χ0n) is 13.0. The molecule has 23 heavy (non-hydrogen) atoms. The van der Waals surface area contributed by atoms with Gasteiger partial charge in [0.15, 0.2) is 0 Å². The van der Waals surface area contributed by atoms with Crippen molar-refractivity contribution < 1.29 is 18.7 Å². The van der Waals surface area contributed by atoms with Gasteiger partial charge in [0.2, 0.25) is 0 Å². The Bertz CT molecular complexity index is 598. The first-order valence-corrected chi connectivity index (χ1v) is 7.97. The van der Waals surface area contributed by atoms with Gasteiger partial charge in [0.05, 0.1) is 19.0 Å². The summed E-state index contributed by atoms with van der Waals surface area (Å²) in [6.45, 7) is 1.79. The zero-order chi connectivity index (χ0) is 16.1. The molecular formula is C18H22FNO3. The summed E-state index contributed by atoms with van der Waals surface area (Å²) in [5.41, 5.74) is 0.931. The molecule has 124 valence electrons. The lowest BCUT2D eigenvalue weighted by Gasteiger charge is -2.25. The van der Waals surface area contributed by atoms with Gasteiger partial charge in [-0.1, -0.05) is 12.1 Å². The third-order valence-corrected chi connectivity index (χ3v) is 3.92. The number of aliphatic hydroxyl groups is 1. The van der Waals surface area contributed by atoms with E-state index >= 15 is 0 Å². The van der Waals surface area contributed by atoms with Crippen molar-refractivity contribution >= 4 is 0 Å². The zero-order valence-corrected chi connectivity index (χ0v) is 13.0. The highest BCUT2D eigenvalue weighted by atomic mass is 19.1. The lowest BCUT2D eigenvalue weighted by Crippen LogP contribution is -2.36. The largest absolute Gasteiger partial charge is 0.467 e. The van der Waals surface area contributed by atoms with Gasteiger partial charge in [0.25, 0.3) is 0 Å². The van der Waals surface area contributed by atoms with Gasteiger partial charge >= 0.3 is 0 Å². The molecule has 1 aliphatic rings. The second kappa shape index (κ2) is 7.73. The summed E-state index contributed by atoms with van der Waals surface area (Å²) < 4.78 is 24.0. The van der Waals surface area contributed by atoms with Gasteiger partial charge in [-0.15, -0.1) is 0 Å². The normalized spacial score (nSPS) is 16.0. The number of hydrogen-bond acceptors (Lipinski definition) is 4. The maximum Gasteiger partial charge on any atom is 0.129 e. The predicted octanol–water partition coefficient (Wildman–Crippen LogP) is 2.96. The van der Waals surface area contributed by atoms with Crippen molar-refractivity contribution in [1.82, 2.24) is 4.90 Å². The smallest absolute Gasteiger partial charge is 0.129 e. The molecule has 2 aromatic rings. The quantitative estimate of drug-likeness (QED) is 0.772. The van der Waals surface area contributed by atoms with Crippen LogP contribution in [-0.4, -0.2) is 35.3 Å². The SMILES string of the molecule is O[C@H](COCc1ccco1)CN(Cc1cccc(F)c1)C1CC1. The molecule has 1 atom stereocenters. The minimum atomic E-state index is -0.570. The molecule has 0 unspecified atom stereocenters. The molecule has 0 spiro atoms. The molecule has 0 amide bonds. The minimum absolute atomic E-state index is 0.222. The van der Waals surface area contributed by atoms with Crippen molar-refractivity contribution in [2.45, 2.75) is 38.1 Å². The fourth-order valence-electron chi connectivity index (χ4n) is 2.67. The van der Waals surface area contributed by atoms with E-state index in [2.05, 4.69) is 4.90 Å². The molecule has 0 radical (unpaired) electrons. The second-order valence-corrected chi connectivity index (χ2v) is 6.04. The Labute approximate surface area is 135 Å². The molecule has 4 nitrogen and oxygen atoms in total. The third-order valence-electron chi connectivity index (χ3n) is 3.92. The van der Waals surface area contributed by atoms with E-state index in [0.29, 0.717) is 25.7 Å². The summed E-state index contributed by atoms with van der Waals surface area (Å²) in [5, 5.41) is 10.2. The lowest BCUT2D eigenvalue weighted by molar-refractivity contribution is 0.00246. The number of halogens is 1. The van der Waals surface area contributed by atoms with Crippen LogP contribution in [0.3, 0.4) is 0 Å². The molecular weight excluding hydrogens is 297 g/mol. The Morgan fingerprint density at radius 2 is 2.17 bits per heavy atom. The van der Waals surface area contributed by atoms with Gasteiger partial charge in [0.1, 0.15) is 18.2 Å². The number of benzene rings is 1. The monoisotopic (exact) mass is 319 g/mol. The van der Waals surface area contributed by atoms with Crippen LogP contribution in [0.15, 0.2) is 47.1 Å². The predicted molar refractivity (Wildman–Crippen MR) is 84.2 cm³/mol. The van der Waals surface area contributed by atoms with Crippen LogP contribution < -0.4 is 0 Å². The van der Waals surface area contributed by atoms with Gasteiger partial charge in [-0.05, 0) is 42.7 Å². The van der Waals surface area contributed by atoms with Crippen LogP contribution in [0.1, 0.15) is 24.2 Å². The van der Waals surface area contributed by atoms with E-state index in [4.69, 9.17) is 9.15 Å². The van der Waals surface area contributed by atoms with Gasteiger partial charge < -0.3 is 14.3 Å². The van der Waals surface area contributed by atoms with E-state index in [1.54, 1.807) is 18.4 Å². The number of rotatable bonds is 9. The van der Waals surface area contributed by atoms with Crippen LogP contribution in [0.25, 0.3) is 0 Å². The molecule has 0 bridgehead atoms. The molecule has 3 rings (SSSR count). The molecule has 1 N–H and O–H groups in total. The summed E-state index contributed by atoms with van der Waals surface area (Å²) in [5.74, 6) is 0.525. The van der Waals surface area contributed by atoms with E-state index in [0.717, 1.165) is 24.2 Å². The maximum absolute atomic E-state index is 13.3. The summed E-state index contributed by atoms with van der Waals surface area (Å²) in [4.78, 5) is 2.20. The first-order valence-electron chi connectivity index (χ1n) is 7.97. The van der Waals surface area contributed by atoms with E-state index in [1.165, 1.54) is 6.07 Å². The highest BCUT2D eigenvalue weighted by Crippen LogP contribution is 2.28. The molecule has 0 aliphatic heterocycles. The Morgan fingerprint density at radius 1 is 1.30 bits per heavy atom. The fraction of sp³-hybridized carbons (Fsp3) is 0.444. The van der Waals surface area contributed by atoms with Crippen molar-refractivity contribution in [1.29, 1.82) is 0 Å². The number of furan rings is 1. The van der Waals surface area contributed by atoms with E-state index in [1.807, 2.05) is 18.2 Å². The number of hydrogen-bond donors (Lipinski definition) is 1. The van der Waals surface area contributed by atoms with Crippen molar-refractivity contribution in [3.05, 3.63) is 59.8 Å². The Kier molecular flexibility index (Phi) is 5.43. The molecule has 1 saturated carbocycles. The number of aliphatic hydroxyl groups excluding tert-OH is 1. The standard InChI is InChI=1S/C18H22FNO3/c19-15-4-1-3-14(9-15)10-20(16-6-7-16)11-17(21)12-22-13-18-5-2-8-23-18/h1-5,8-9,16-17,21H,6-7,10-13H2/t17-/m0/s1. The lowest BCUT2D eigenvalue weighted by atomic mass is 10.2. The molecule has 5 heteroatoms. The summed E-state index contributed by atoms with van der Waals surface area (Å²) in [6.07, 6.45) is 3.30. The minimum Gasteiger partial charge on any atom is -0.467 e. The molecule has 1 aliphatic carbocycles. The Balaban J connectivity index is 1.46. The van der Waals surface area contributed by atoms with Crippen LogP contribution in [0.2, 0.25) is 0 Å². The van der Waals surface area contributed by atoms with Crippen LogP contribution in [0.4, 0.5) is 4.39 Å². The van der Waals surface area contributed by atoms with Crippen LogP contribution in [0.5, 0.6) is 0 Å². The third kappa shape index (κ3) is 5.16. The molecule has 0 saturated heterocycles. The van der Waals surface area contributed by atoms with Crippen molar-refractivity contribution in [3.63, 3.8) is 0 Å². The average molecular weight is 319 g/mol. The van der Waals surface area contributed by atoms with Gasteiger partial charge in [-0.3, -0.25) is 4.90 Å². The molecule has 1 fully saturated rings. The topological polar surface area (TPSA) is 45.8 Å². The highest BCUT2D eigenvalue weighted by Gasteiger charge is 2.30. The van der Waals surface area contributed by atoms with E-state index in [-0.39, 0.29) is 12.4 Å². The van der Waals surface area contributed by atoms with Crippen molar-refractivity contribution in [3.8, 4) is 0 Å². The fourth-order valence-corrected chi connectivity index (χ4v) is 2.67. The molecule has 1 aromatic carbocycles. The van der Waals surface area contributed by atoms with Crippen LogP contribution in [-0.2, 0) is 17.9 Å². The van der Waals surface area contributed by atoms with Gasteiger partial charge in [0, 0.05) is 19.1 Å². The first-order chi connectivity index (χ1) is 11.2. The molecule has 1 heterocycles. The van der Waals surface area contributed by atoms with Crippen molar-refractivity contribution in [2.24, 2.45) is 0 Å². The number of nitrogens with zero attached hydrogens (tertiary/aromatic N) is 1.